The second kappa shape index (κ2) is 8.62. The third kappa shape index (κ3) is 5.54. The summed E-state index contributed by atoms with van der Waals surface area (Å²) in [5.41, 5.74) is 0. The highest BCUT2D eigenvalue weighted by Crippen LogP contribution is 2.33. The quantitative estimate of drug-likeness (QED) is 0.551. The zero-order valence-electron chi connectivity index (χ0n) is 10.9. The molecule has 0 aliphatic heterocycles. The van der Waals surface area contributed by atoms with Crippen molar-refractivity contribution in [3.05, 3.63) is 0 Å². The van der Waals surface area contributed by atoms with Gasteiger partial charge in [0.05, 0.1) is 6.07 Å². The van der Waals surface area contributed by atoms with Crippen molar-refractivity contribution in [3.8, 4) is 6.07 Å². The van der Waals surface area contributed by atoms with Crippen LogP contribution in [0.3, 0.4) is 0 Å². The Morgan fingerprint density at radius 3 is 2.19 bits per heavy atom. The lowest BCUT2D eigenvalue weighted by molar-refractivity contribution is 0.261. The van der Waals surface area contributed by atoms with Gasteiger partial charge in [-0.25, -0.2) is 0 Å². The first-order valence-electron chi connectivity index (χ1n) is 7.23. The summed E-state index contributed by atoms with van der Waals surface area (Å²) in [6, 6.07) is 2.32. The molecule has 0 saturated heterocycles. The maximum Gasteiger partial charge on any atom is 0.0624 e. The normalized spacial score (nSPS) is 25.2. The van der Waals surface area contributed by atoms with Gasteiger partial charge in [0.1, 0.15) is 0 Å². The van der Waals surface area contributed by atoms with Gasteiger partial charge in [0, 0.05) is 6.42 Å². The number of unbranched alkanes of at least 4 members (excludes halogenated alkanes) is 4. The molecule has 0 aromatic heterocycles. The summed E-state index contributed by atoms with van der Waals surface area (Å²) in [6.45, 7) is 2.27. The molecule has 1 aliphatic rings. The summed E-state index contributed by atoms with van der Waals surface area (Å²) in [5.74, 6) is 1.71. The van der Waals surface area contributed by atoms with E-state index in [1.54, 1.807) is 0 Å². The van der Waals surface area contributed by atoms with Crippen LogP contribution in [0.4, 0.5) is 0 Å². The third-order valence-corrected chi connectivity index (χ3v) is 4.06. The molecule has 1 saturated carbocycles. The van der Waals surface area contributed by atoms with Gasteiger partial charge in [-0.2, -0.15) is 5.26 Å². The van der Waals surface area contributed by atoms with Gasteiger partial charge in [-0.05, 0) is 24.7 Å². The largest absolute Gasteiger partial charge is 0.198 e. The van der Waals surface area contributed by atoms with E-state index in [1.807, 2.05) is 0 Å². The molecule has 0 aromatic carbocycles. The van der Waals surface area contributed by atoms with Crippen LogP contribution in [0.25, 0.3) is 0 Å². The molecule has 1 aliphatic carbocycles. The fourth-order valence-corrected chi connectivity index (χ4v) is 2.89. The van der Waals surface area contributed by atoms with Crippen molar-refractivity contribution in [2.45, 2.75) is 77.6 Å². The van der Waals surface area contributed by atoms with E-state index in [4.69, 9.17) is 5.26 Å². The monoisotopic (exact) mass is 221 g/mol. The van der Waals surface area contributed by atoms with Crippen molar-refractivity contribution in [2.24, 2.45) is 11.8 Å². The molecule has 0 N–H and O–H groups in total. The number of hydrogen-bond acceptors (Lipinski definition) is 1. The molecular formula is C15H27N. The van der Waals surface area contributed by atoms with Gasteiger partial charge in [0.2, 0.25) is 0 Å². The van der Waals surface area contributed by atoms with Crippen LogP contribution in [0.15, 0.2) is 0 Å². The lowest BCUT2D eigenvalue weighted by Gasteiger charge is -2.27. The summed E-state index contributed by atoms with van der Waals surface area (Å²) in [6.07, 6.45) is 14.7. The molecule has 1 rings (SSSR count). The van der Waals surface area contributed by atoms with Crippen LogP contribution in [0.1, 0.15) is 77.6 Å². The summed E-state index contributed by atoms with van der Waals surface area (Å²) in [5, 5.41) is 8.66. The summed E-state index contributed by atoms with van der Waals surface area (Å²) in [4.78, 5) is 0. The molecular weight excluding hydrogens is 194 g/mol. The van der Waals surface area contributed by atoms with E-state index < -0.39 is 0 Å². The van der Waals surface area contributed by atoms with Crippen molar-refractivity contribution in [1.82, 2.24) is 0 Å². The smallest absolute Gasteiger partial charge is 0.0624 e. The molecule has 0 spiro atoms. The molecule has 1 fully saturated rings. The summed E-state index contributed by atoms with van der Waals surface area (Å²) < 4.78 is 0. The maximum absolute atomic E-state index is 8.66. The SMILES string of the molecule is CCCCCCC[C@H]1CC[C@H](CC#N)CC1. The topological polar surface area (TPSA) is 23.8 Å². The Kier molecular flexibility index (Phi) is 7.30. The van der Waals surface area contributed by atoms with E-state index in [-0.39, 0.29) is 0 Å². The molecule has 0 amide bonds. The highest BCUT2D eigenvalue weighted by molar-refractivity contribution is 4.80. The highest BCUT2D eigenvalue weighted by atomic mass is 14.3. The molecule has 0 aromatic rings. The van der Waals surface area contributed by atoms with Crippen LogP contribution < -0.4 is 0 Å². The molecule has 0 radical (unpaired) electrons. The van der Waals surface area contributed by atoms with Crippen LogP contribution >= 0.6 is 0 Å². The summed E-state index contributed by atoms with van der Waals surface area (Å²) in [7, 11) is 0. The van der Waals surface area contributed by atoms with Crippen molar-refractivity contribution in [1.29, 1.82) is 5.26 Å². The van der Waals surface area contributed by atoms with E-state index in [9.17, 15) is 0 Å². The Balaban J connectivity index is 1.98. The predicted octanol–water partition coefficient (Wildman–Crippen LogP) is 5.07. The fraction of sp³-hybridized carbons (Fsp3) is 0.933. The zero-order valence-corrected chi connectivity index (χ0v) is 10.9. The van der Waals surface area contributed by atoms with Crippen LogP contribution in [-0.4, -0.2) is 0 Å². The number of hydrogen-bond donors (Lipinski definition) is 0. The Hall–Kier alpha value is -0.510. The van der Waals surface area contributed by atoms with Gasteiger partial charge in [-0.15, -0.1) is 0 Å². The Morgan fingerprint density at radius 1 is 0.938 bits per heavy atom. The van der Waals surface area contributed by atoms with Crippen LogP contribution in [0.2, 0.25) is 0 Å². The second-order valence-electron chi connectivity index (χ2n) is 5.45. The van der Waals surface area contributed by atoms with E-state index in [0.717, 1.165) is 18.3 Å². The number of nitriles is 1. The highest BCUT2D eigenvalue weighted by Gasteiger charge is 2.20. The minimum Gasteiger partial charge on any atom is -0.198 e. The first-order chi connectivity index (χ1) is 7.86. The van der Waals surface area contributed by atoms with E-state index in [0.29, 0.717) is 0 Å². The Bertz CT molecular complexity index is 196. The van der Waals surface area contributed by atoms with Gasteiger partial charge in [0.15, 0.2) is 0 Å². The van der Waals surface area contributed by atoms with Crippen molar-refractivity contribution < 1.29 is 0 Å². The number of rotatable bonds is 7. The third-order valence-electron chi connectivity index (χ3n) is 4.06. The molecule has 0 unspecified atom stereocenters. The van der Waals surface area contributed by atoms with Gasteiger partial charge in [0.25, 0.3) is 0 Å². The average Bonchev–Trinajstić information content (AvgIpc) is 2.31. The first-order valence-corrected chi connectivity index (χ1v) is 7.23. The molecule has 0 atom stereocenters. The lowest BCUT2D eigenvalue weighted by Crippen LogP contribution is -2.14. The maximum atomic E-state index is 8.66. The molecule has 1 nitrogen and oxygen atoms in total. The van der Waals surface area contributed by atoms with Crippen LogP contribution in [0.5, 0.6) is 0 Å². The van der Waals surface area contributed by atoms with Gasteiger partial charge < -0.3 is 0 Å². The molecule has 1 heteroatoms. The average molecular weight is 221 g/mol. The van der Waals surface area contributed by atoms with E-state index >= 15 is 0 Å². The molecule has 0 heterocycles. The first kappa shape index (κ1) is 13.6. The Labute approximate surface area is 101 Å². The second-order valence-corrected chi connectivity index (χ2v) is 5.45. The standard InChI is InChI=1S/C15H27N/c1-2-3-4-5-6-7-14-8-10-15(11-9-14)12-13-16/h14-15H,2-12H2,1H3/t14-,15-. The lowest BCUT2D eigenvalue weighted by atomic mass is 9.79. The molecule has 16 heavy (non-hydrogen) atoms. The van der Waals surface area contributed by atoms with Crippen molar-refractivity contribution in [3.63, 3.8) is 0 Å². The van der Waals surface area contributed by atoms with E-state index in [1.165, 1.54) is 64.2 Å². The Morgan fingerprint density at radius 2 is 1.56 bits per heavy atom. The molecule has 92 valence electrons. The molecule has 0 bridgehead atoms. The minimum atomic E-state index is 0.723. The van der Waals surface area contributed by atoms with Crippen LogP contribution in [0, 0.1) is 23.2 Å². The van der Waals surface area contributed by atoms with E-state index in [2.05, 4.69) is 13.0 Å². The zero-order chi connectivity index (χ0) is 11.6. The number of nitrogens with zero attached hydrogens (tertiary/aromatic N) is 1. The van der Waals surface area contributed by atoms with Crippen LogP contribution in [-0.2, 0) is 0 Å². The van der Waals surface area contributed by atoms with Gasteiger partial charge in [-0.1, -0.05) is 58.3 Å². The summed E-state index contributed by atoms with van der Waals surface area (Å²) >= 11 is 0. The van der Waals surface area contributed by atoms with Gasteiger partial charge in [-0.3, -0.25) is 0 Å². The van der Waals surface area contributed by atoms with Gasteiger partial charge >= 0.3 is 0 Å². The van der Waals surface area contributed by atoms with Crippen molar-refractivity contribution >= 4 is 0 Å². The fourth-order valence-electron chi connectivity index (χ4n) is 2.89. The predicted molar refractivity (Wildman–Crippen MR) is 69.1 cm³/mol. The minimum absolute atomic E-state index is 0.723. The van der Waals surface area contributed by atoms with Crippen molar-refractivity contribution in [2.75, 3.05) is 0 Å².